The molecule has 0 saturated heterocycles. The van der Waals surface area contributed by atoms with Gasteiger partial charge in [-0.15, -0.1) is 22.7 Å². The molecule has 0 fully saturated rings. The lowest BCUT2D eigenvalue weighted by molar-refractivity contribution is 1.40. The summed E-state index contributed by atoms with van der Waals surface area (Å²) in [5, 5.41) is 3.26. The fraction of sp³-hybridized carbons (Fsp3) is 0.125. The van der Waals surface area contributed by atoms with Gasteiger partial charge in [0.25, 0.3) is 0 Å². The van der Waals surface area contributed by atoms with Gasteiger partial charge < -0.3 is 5.73 Å². The number of hydrogen-bond acceptors (Lipinski definition) is 4. The third kappa shape index (κ3) is 1.70. The number of aryl methyl sites for hydroxylation is 1. The first kappa shape index (κ1) is 8.99. The van der Waals surface area contributed by atoms with Crippen molar-refractivity contribution in [3.8, 4) is 10.6 Å². The molecular weight excluding hydrogens is 224 g/mol. The van der Waals surface area contributed by atoms with Crippen LogP contribution in [0.5, 0.6) is 0 Å². The molecule has 0 aliphatic rings. The number of aromatic nitrogens is 1. The van der Waals surface area contributed by atoms with E-state index in [9.17, 15) is 0 Å². The van der Waals surface area contributed by atoms with E-state index in [0.29, 0.717) is 5.13 Å². The van der Waals surface area contributed by atoms with Crippen molar-refractivity contribution in [2.75, 3.05) is 5.73 Å². The van der Waals surface area contributed by atoms with Crippen LogP contribution in [0, 0.1) is 6.92 Å². The number of thiazole rings is 1. The molecule has 0 bridgehead atoms. The van der Waals surface area contributed by atoms with Crippen LogP contribution >= 0.6 is 34.3 Å². The molecule has 0 saturated carbocycles. The summed E-state index contributed by atoms with van der Waals surface area (Å²) in [4.78, 5) is 6.46. The molecule has 68 valence electrons. The van der Waals surface area contributed by atoms with E-state index in [-0.39, 0.29) is 0 Å². The average molecular weight is 231 g/mol. The van der Waals surface area contributed by atoms with Gasteiger partial charge in [0, 0.05) is 10.3 Å². The average Bonchev–Trinajstić information content (AvgIpc) is 2.58. The SMILES string of the molecule is Cc1sc(N)nc1-c1cc(Cl)cs1. The third-order valence-corrected chi connectivity index (χ3v) is 3.70. The Hall–Kier alpha value is -0.580. The standard InChI is InChI=1S/C8H7ClN2S2/c1-4-7(11-8(10)13-4)6-2-5(9)3-12-6/h2-3H,1H3,(H2,10,11). The molecule has 0 radical (unpaired) electrons. The number of rotatable bonds is 1. The number of thiophene rings is 1. The lowest BCUT2D eigenvalue weighted by atomic mass is 10.3. The van der Waals surface area contributed by atoms with Crippen molar-refractivity contribution in [1.29, 1.82) is 0 Å². The van der Waals surface area contributed by atoms with Crippen molar-refractivity contribution < 1.29 is 0 Å². The molecule has 2 nitrogen and oxygen atoms in total. The molecule has 0 unspecified atom stereocenters. The van der Waals surface area contributed by atoms with Gasteiger partial charge in [-0.2, -0.15) is 0 Å². The Kier molecular flexibility index (Phi) is 2.27. The Morgan fingerprint density at radius 2 is 2.31 bits per heavy atom. The van der Waals surface area contributed by atoms with E-state index >= 15 is 0 Å². The number of nitrogens with two attached hydrogens (primary N) is 1. The zero-order valence-electron chi connectivity index (χ0n) is 6.87. The van der Waals surface area contributed by atoms with Crippen LogP contribution < -0.4 is 5.73 Å². The number of nitrogens with zero attached hydrogens (tertiary/aromatic N) is 1. The zero-order valence-corrected chi connectivity index (χ0v) is 9.26. The number of hydrogen-bond donors (Lipinski definition) is 1. The first-order valence-corrected chi connectivity index (χ1v) is 5.71. The summed E-state index contributed by atoms with van der Waals surface area (Å²) in [7, 11) is 0. The molecule has 2 heterocycles. The van der Waals surface area contributed by atoms with Crippen molar-refractivity contribution in [3.63, 3.8) is 0 Å². The summed E-state index contributed by atoms with van der Waals surface area (Å²) in [6.07, 6.45) is 0. The van der Waals surface area contributed by atoms with Gasteiger partial charge in [-0.3, -0.25) is 0 Å². The maximum absolute atomic E-state index is 5.82. The highest BCUT2D eigenvalue weighted by atomic mass is 35.5. The topological polar surface area (TPSA) is 38.9 Å². The Morgan fingerprint density at radius 1 is 1.54 bits per heavy atom. The Bertz CT molecular complexity index is 433. The fourth-order valence-electron chi connectivity index (χ4n) is 1.08. The van der Waals surface area contributed by atoms with E-state index in [1.807, 2.05) is 18.4 Å². The second kappa shape index (κ2) is 3.29. The van der Waals surface area contributed by atoms with E-state index in [0.717, 1.165) is 20.5 Å². The molecule has 2 rings (SSSR count). The van der Waals surface area contributed by atoms with E-state index in [1.54, 1.807) is 11.3 Å². The van der Waals surface area contributed by atoms with E-state index in [2.05, 4.69) is 4.98 Å². The maximum Gasteiger partial charge on any atom is 0.180 e. The van der Waals surface area contributed by atoms with Crippen LogP contribution in [0.15, 0.2) is 11.4 Å². The number of halogens is 1. The minimum Gasteiger partial charge on any atom is -0.375 e. The first-order chi connectivity index (χ1) is 6.16. The van der Waals surface area contributed by atoms with Crippen molar-refractivity contribution in [3.05, 3.63) is 21.3 Å². The van der Waals surface area contributed by atoms with Crippen LogP contribution in [0.4, 0.5) is 5.13 Å². The van der Waals surface area contributed by atoms with Crippen molar-refractivity contribution >= 4 is 39.4 Å². The smallest absolute Gasteiger partial charge is 0.180 e. The fourth-order valence-corrected chi connectivity index (χ4v) is 2.97. The predicted molar refractivity (Wildman–Crippen MR) is 59.6 cm³/mol. The summed E-state index contributed by atoms with van der Waals surface area (Å²) in [5.41, 5.74) is 6.56. The van der Waals surface area contributed by atoms with E-state index in [1.165, 1.54) is 11.3 Å². The van der Waals surface area contributed by atoms with Crippen LogP contribution in [0.3, 0.4) is 0 Å². The Labute approximate surface area is 89.0 Å². The lowest BCUT2D eigenvalue weighted by Gasteiger charge is -1.90. The highest BCUT2D eigenvalue weighted by molar-refractivity contribution is 7.17. The van der Waals surface area contributed by atoms with Gasteiger partial charge >= 0.3 is 0 Å². The largest absolute Gasteiger partial charge is 0.375 e. The van der Waals surface area contributed by atoms with Gasteiger partial charge in [-0.1, -0.05) is 11.6 Å². The maximum atomic E-state index is 5.82. The summed E-state index contributed by atoms with van der Waals surface area (Å²) >= 11 is 8.91. The molecule has 0 aromatic carbocycles. The molecule has 2 aromatic rings. The van der Waals surface area contributed by atoms with Crippen LogP contribution in [0.25, 0.3) is 10.6 Å². The molecule has 0 amide bonds. The van der Waals surface area contributed by atoms with E-state index < -0.39 is 0 Å². The first-order valence-electron chi connectivity index (χ1n) is 3.64. The number of anilines is 1. The van der Waals surface area contributed by atoms with Crippen molar-refractivity contribution in [1.82, 2.24) is 4.98 Å². The van der Waals surface area contributed by atoms with Crippen LogP contribution in [0.1, 0.15) is 4.88 Å². The molecule has 2 aromatic heterocycles. The quantitative estimate of drug-likeness (QED) is 0.816. The van der Waals surface area contributed by atoms with Crippen molar-refractivity contribution in [2.45, 2.75) is 6.92 Å². The second-order valence-corrected chi connectivity index (χ2v) is 5.17. The van der Waals surface area contributed by atoms with Gasteiger partial charge in [0.05, 0.1) is 15.6 Å². The molecule has 2 N–H and O–H groups in total. The van der Waals surface area contributed by atoms with Crippen LogP contribution in [-0.2, 0) is 0 Å². The Morgan fingerprint density at radius 3 is 2.77 bits per heavy atom. The molecule has 0 atom stereocenters. The highest BCUT2D eigenvalue weighted by Crippen LogP contribution is 2.34. The van der Waals surface area contributed by atoms with Gasteiger partial charge in [0.2, 0.25) is 0 Å². The summed E-state index contributed by atoms with van der Waals surface area (Å²) < 4.78 is 0. The zero-order chi connectivity index (χ0) is 9.42. The summed E-state index contributed by atoms with van der Waals surface area (Å²) in [6.45, 7) is 2.01. The number of nitrogen functional groups attached to an aromatic ring is 1. The van der Waals surface area contributed by atoms with Crippen molar-refractivity contribution in [2.24, 2.45) is 0 Å². The summed E-state index contributed by atoms with van der Waals surface area (Å²) in [6, 6.07) is 1.91. The molecule has 5 heteroatoms. The minimum atomic E-state index is 0.608. The van der Waals surface area contributed by atoms with Gasteiger partial charge in [0.1, 0.15) is 0 Å². The van der Waals surface area contributed by atoms with E-state index in [4.69, 9.17) is 17.3 Å². The Balaban J connectivity index is 2.51. The molecular formula is C8H7ClN2S2. The second-order valence-electron chi connectivity index (χ2n) is 2.59. The highest BCUT2D eigenvalue weighted by Gasteiger charge is 2.09. The predicted octanol–water partition coefficient (Wildman–Crippen LogP) is 3.42. The molecule has 13 heavy (non-hydrogen) atoms. The van der Waals surface area contributed by atoms with Crippen LogP contribution in [-0.4, -0.2) is 4.98 Å². The lowest BCUT2D eigenvalue weighted by Crippen LogP contribution is -1.81. The van der Waals surface area contributed by atoms with Gasteiger partial charge in [0.15, 0.2) is 5.13 Å². The normalized spacial score (nSPS) is 10.6. The monoisotopic (exact) mass is 230 g/mol. The molecule has 0 spiro atoms. The molecule has 0 aliphatic heterocycles. The van der Waals surface area contributed by atoms with Gasteiger partial charge in [-0.05, 0) is 13.0 Å². The minimum absolute atomic E-state index is 0.608. The summed E-state index contributed by atoms with van der Waals surface area (Å²) in [5.74, 6) is 0. The third-order valence-electron chi connectivity index (χ3n) is 1.61. The molecule has 0 aliphatic carbocycles. The van der Waals surface area contributed by atoms with Gasteiger partial charge in [-0.25, -0.2) is 4.98 Å². The van der Waals surface area contributed by atoms with Crippen LogP contribution in [0.2, 0.25) is 5.02 Å².